The van der Waals surface area contributed by atoms with Crippen molar-refractivity contribution < 1.29 is 30.2 Å². The highest BCUT2D eigenvalue weighted by Gasteiger charge is 2.58. The Labute approximate surface area is 203 Å². The van der Waals surface area contributed by atoms with E-state index in [1.165, 1.54) is 64.2 Å². The number of halogens is 1. The maximum absolute atomic E-state index is 6.41. The molecular formula is C25H56ClNO3Si. The lowest BCUT2D eigenvalue weighted by Gasteiger charge is -2.48. The Kier molecular flexibility index (Phi) is 22.6. The van der Waals surface area contributed by atoms with Crippen LogP contribution in [0.3, 0.4) is 0 Å². The van der Waals surface area contributed by atoms with Gasteiger partial charge in [0.2, 0.25) is 0 Å². The van der Waals surface area contributed by atoms with Gasteiger partial charge in [-0.1, -0.05) is 64.7 Å². The molecule has 0 aliphatic heterocycles. The summed E-state index contributed by atoms with van der Waals surface area (Å²) in [6.07, 6.45) is 14.9. The molecule has 0 saturated heterocycles. The average Bonchev–Trinajstić information content (AvgIpc) is 2.75. The molecule has 0 bridgehead atoms. The average molecular weight is 482 g/mol. The molecular weight excluding hydrogens is 426 g/mol. The van der Waals surface area contributed by atoms with Crippen molar-refractivity contribution in [3.8, 4) is 0 Å². The summed E-state index contributed by atoms with van der Waals surface area (Å²) in [6, 6.07) is 0. The van der Waals surface area contributed by atoms with Crippen molar-refractivity contribution in [2.75, 3.05) is 39.5 Å². The van der Waals surface area contributed by atoms with Gasteiger partial charge in [0.05, 0.1) is 19.6 Å². The molecule has 6 heteroatoms. The molecule has 31 heavy (non-hydrogen) atoms. The molecule has 0 saturated carbocycles. The summed E-state index contributed by atoms with van der Waals surface area (Å²) in [7, 11) is -2.75. The van der Waals surface area contributed by atoms with E-state index in [4.69, 9.17) is 13.3 Å². The van der Waals surface area contributed by atoms with Crippen molar-refractivity contribution in [2.45, 2.75) is 125 Å². The Morgan fingerprint density at radius 2 is 0.903 bits per heavy atom. The topological polar surface area (TPSA) is 27.7 Å². The molecule has 0 heterocycles. The molecule has 190 valence electrons. The maximum atomic E-state index is 6.41. The highest BCUT2D eigenvalue weighted by molar-refractivity contribution is 6.62. The van der Waals surface area contributed by atoms with Gasteiger partial charge in [0.15, 0.2) is 5.67 Å². The molecule has 0 aliphatic rings. The number of nitrogens with zero attached hydrogens (tertiary/aromatic N) is 1. The Hall–Kier alpha value is 0.347. The first-order chi connectivity index (χ1) is 14.6. The lowest BCUT2D eigenvalue weighted by molar-refractivity contribution is -0.938. The molecule has 0 amide bonds. The molecule has 0 fully saturated rings. The summed E-state index contributed by atoms with van der Waals surface area (Å²) >= 11 is 0. The van der Waals surface area contributed by atoms with Gasteiger partial charge in [-0.25, -0.2) is 0 Å². The zero-order valence-electron chi connectivity index (χ0n) is 22.1. The van der Waals surface area contributed by atoms with Crippen LogP contribution in [0.4, 0.5) is 0 Å². The Balaban J connectivity index is 0. The van der Waals surface area contributed by atoms with Gasteiger partial charge in [0.25, 0.3) is 0 Å². The largest absolute Gasteiger partial charge is 1.00 e. The van der Waals surface area contributed by atoms with Crippen molar-refractivity contribution in [1.82, 2.24) is 0 Å². The fourth-order valence-electron chi connectivity index (χ4n) is 4.96. The van der Waals surface area contributed by atoms with Crippen LogP contribution in [-0.4, -0.2) is 58.4 Å². The first-order valence-electron chi connectivity index (χ1n) is 13.3. The summed E-state index contributed by atoms with van der Waals surface area (Å²) in [6.45, 7) is 20.8. The highest BCUT2D eigenvalue weighted by atomic mass is 35.5. The minimum atomic E-state index is -2.75. The third kappa shape index (κ3) is 11.9. The zero-order chi connectivity index (χ0) is 22.7. The minimum absolute atomic E-state index is 0. The normalized spacial score (nSPS) is 13.3. The number of rotatable bonds is 22. The molecule has 0 spiro atoms. The predicted octanol–water partition coefficient (Wildman–Crippen LogP) is 4.13. The second-order valence-electron chi connectivity index (χ2n) is 8.56. The molecule has 0 N–H and O–H groups in total. The second-order valence-corrected chi connectivity index (χ2v) is 11.3. The fraction of sp³-hybridized carbons (Fsp3) is 1.00. The van der Waals surface area contributed by atoms with Crippen LogP contribution in [0.15, 0.2) is 0 Å². The van der Waals surface area contributed by atoms with Gasteiger partial charge in [-0.3, -0.25) is 0 Å². The van der Waals surface area contributed by atoms with E-state index in [0.717, 1.165) is 30.5 Å². The molecule has 4 nitrogen and oxygen atoms in total. The van der Waals surface area contributed by atoms with Gasteiger partial charge < -0.3 is 30.2 Å². The second kappa shape index (κ2) is 20.9. The number of unbranched alkanes of at least 4 members (excludes halogenated alkanes) is 9. The zero-order valence-corrected chi connectivity index (χ0v) is 23.9. The highest BCUT2D eigenvalue weighted by Crippen LogP contribution is 2.30. The van der Waals surface area contributed by atoms with Gasteiger partial charge in [0, 0.05) is 26.2 Å². The number of hydrogen-bond donors (Lipinski definition) is 0. The van der Waals surface area contributed by atoms with Crippen molar-refractivity contribution in [3.63, 3.8) is 0 Å². The van der Waals surface area contributed by atoms with E-state index >= 15 is 0 Å². The van der Waals surface area contributed by atoms with E-state index in [-0.39, 0.29) is 12.4 Å². The monoisotopic (exact) mass is 481 g/mol. The van der Waals surface area contributed by atoms with Crippen LogP contribution in [0.25, 0.3) is 0 Å². The molecule has 1 unspecified atom stereocenters. The lowest BCUT2D eigenvalue weighted by Crippen LogP contribution is -3.00. The van der Waals surface area contributed by atoms with E-state index in [9.17, 15) is 0 Å². The van der Waals surface area contributed by atoms with E-state index in [0.29, 0.717) is 25.5 Å². The van der Waals surface area contributed by atoms with Crippen molar-refractivity contribution >= 4 is 8.80 Å². The third-order valence-electron chi connectivity index (χ3n) is 6.83. The first kappa shape index (κ1) is 33.5. The Bertz CT molecular complexity index is 358. The third-order valence-corrected chi connectivity index (χ3v) is 10.6. The van der Waals surface area contributed by atoms with E-state index in [1.807, 2.05) is 0 Å². The van der Waals surface area contributed by atoms with Gasteiger partial charge in [-0.2, -0.15) is 0 Å². The van der Waals surface area contributed by atoms with Crippen LogP contribution in [0.5, 0.6) is 0 Å². The first-order valence-corrected chi connectivity index (χ1v) is 15.1. The summed E-state index contributed by atoms with van der Waals surface area (Å²) in [5.74, 6) is 0. The van der Waals surface area contributed by atoms with Crippen molar-refractivity contribution in [3.05, 3.63) is 0 Å². The van der Waals surface area contributed by atoms with Gasteiger partial charge in [0.1, 0.15) is 0 Å². The Morgan fingerprint density at radius 3 is 1.23 bits per heavy atom. The van der Waals surface area contributed by atoms with Crippen LogP contribution in [0, 0.1) is 0 Å². The summed E-state index contributed by atoms with van der Waals surface area (Å²) in [5, 5.41) is 0. The van der Waals surface area contributed by atoms with Crippen LogP contribution >= 0.6 is 0 Å². The van der Waals surface area contributed by atoms with Crippen LogP contribution < -0.4 is 12.4 Å². The van der Waals surface area contributed by atoms with Gasteiger partial charge in [-0.05, 0) is 48.0 Å². The smallest absolute Gasteiger partial charge is 0.562 e. The fourth-order valence-corrected chi connectivity index (χ4v) is 8.77. The molecule has 0 radical (unpaired) electrons. The maximum Gasteiger partial charge on any atom is 0.562 e. The van der Waals surface area contributed by atoms with Crippen molar-refractivity contribution in [2.24, 2.45) is 0 Å². The number of quaternary nitrogens is 1. The number of hydrogen-bond acceptors (Lipinski definition) is 3. The molecule has 1 atom stereocenters. The van der Waals surface area contributed by atoms with Crippen LogP contribution in [0.1, 0.15) is 119 Å². The minimum Gasteiger partial charge on any atom is -1.00 e. The lowest BCUT2D eigenvalue weighted by atomic mass is 10.1. The molecule has 0 aliphatic carbocycles. The molecule has 0 aromatic rings. The van der Waals surface area contributed by atoms with Crippen LogP contribution in [-0.2, 0) is 13.3 Å². The Morgan fingerprint density at radius 1 is 0.548 bits per heavy atom. The van der Waals surface area contributed by atoms with E-state index in [1.54, 1.807) is 0 Å². The summed E-state index contributed by atoms with van der Waals surface area (Å²) in [4.78, 5) is 0. The van der Waals surface area contributed by atoms with E-state index < -0.39 is 8.80 Å². The van der Waals surface area contributed by atoms with Gasteiger partial charge in [-0.15, -0.1) is 0 Å². The quantitative estimate of drug-likeness (QED) is 0.132. The summed E-state index contributed by atoms with van der Waals surface area (Å²) in [5.41, 5.74) is 0.339. The van der Waals surface area contributed by atoms with E-state index in [2.05, 4.69) is 48.5 Å². The molecule has 0 aromatic heterocycles. The van der Waals surface area contributed by atoms with Crippen molar-refractivity contribution in [1.29, 1.82) is 0 Å². The predicted molar refractivity (Wildman–Crippen MR) is 133 cm³/mol. The van der Waals surface area contributed by atoms with Crippen LogP contribution in [0.2, 0.25) is 0 Å². The SMILES string of the molecule is CCCCCCCCCCCCC([N+](CC)(CC)CC)[Si](OCC)(OCC)OCC.[Cl-]. The van der Waals surface area contributed by atoms with Gasteiger partial charge >= 0.3 is 8.80 Å². The standard InChI is InChI=1S/C25H56NO3Si.ClH/c1-8-15-16-17-18-19-20-21-22-23-24-25(26(9-2,10-3)11-4)30(27-12-5,28-13-6)29-14-7;/h25H,8-24H2,1-7H3;1H/q+1;/p-1. The molecule has 0 rings (SSSR count). The summed E-state index contributed by atoms with van der Waals surface area (Å²) < 4.78 is 20.3. The molecule has 0 aromatic carbocycles.